The van der Waals surface area contributed by atoms with Crippen molar-refractivity contribution in [3.63, 3.8) is 0 Å². The average Bonchev–Trinajstić information content (AvgIpc) is 3.61. The Kier molecular flexibility index (Phi) is 5.97. The molecule has 4 heterocycles. The van der Waals surface area contributed by atoms with Crippen LogP contribution in [0.3, 0.4) is 0 Å². The standard InChI is InChI=1S/C24H21N5O2S2/c1-16-13-19(17(2)29(16)23-25-10-12-32-23)20(30)15-33-24-27-26-22(21-9-6-11-31-21)28(24)14-18-7-4-3-5-8-18/h3-13H,14-15H2,1-2H3. The van der Waals surface area contributed by atoms with Gasteiger partial charge in [-0.1, -0.05) is 42.1 Å². The Bertz CT molecular complexity index is 1370. The van der Waals surface area contributed by atoms with E-state index in [1.165, 1.54) is 11.8 Å². The molecule has 0 aliphatic heterocycles. The largest absolute Gasteiger partial charge is 0.461 e. The zero-order chi connectivity index (χ0) is 22.8. The van der Waals surface area contributed by atoms with E-state index < -0.39 is 0 Å². The summed E-state index contributed by atoms with van der Waals surface area (Å²) in [5, 5.41) is 12.2. The number of carbonyl (C=O) groups excluding carboxylic acids is 1. The lowest BCUT2D eigenvalue weighted by molar-refractivity contribution is 0.102. The highest BCUT2D eigenvalue weighted by Gasteiger charge is 2.21. The lowest BCUT2D eigenvalue weighted by atomic mass is 10.2. The van der Waals surface area contributed by atoms with E-state index in [9.17, 15) is 4.79 Å². The third-order valence-electron chi connectivity index (χ3n) is 5.32. The number of rotatable bonds is 8. The van der Waals surface area contributed by atoms with Crippen molar-refractivity contribution in [2.45, 2.75) is 25.5 Å². The number of furan rings is 1. The number of thiazole rings is 1. The second kappa shape index (κ2) is 9.21. The van der Waals surface area contributed by atoms with Crippen LogP contribution < -0.4 is 0 Å². The minimum atomic E-state index is 0.0460. The van der Waals surface area contributed by atoms with Crippen molar-refractivity contribution in [2.24, 2.45) is 0 Å². The van der Waals surface area contributed by atoms with Gasteiger partial charge in [0.15, 0.2) is 21.8 Å². The number of benzene rings is 1. The van der Waals surface area contributed by atoms with Crippen LogP contribution in [0.4, 0.5) is 0 Å². The first-order valence-electron chi connectivity index (χ1n) is 10.4. The number of hydrogen-bond donors (Lipinski definition) is 0. The molecule has 0 saturated heterocycles. The molecule has 5 aromatic rings. The number of nitrogens with zero attached hydrogens (tertiary/aromatic N) is 5. The van der Waals surface area contributed by atoms with Gasteiger partial charge in [-0.15, -0.1) is 21.5 Å². The van der Waals surface area contributed by atoms with Crippen molar-refractivity contribution >= 4 is 28.9 Å². The molecule has 0 aliphatic rings. The van der Waals surface area contributed by atoms with Crippen LogP contribution in [0.2, 0.25) is 0 Å². The molecule has 0 fully saturated rings. The summed E-state index contributed by atoms with van der Waals surface area (Å²) >= 11 is 2.93. The fraction of sp³-hybridized carbons (Fsp3) is 0.167. The van der Waals surface area contributed by atoms with E-state index in [1.54, 1.807) is 23.8 Å². The molecule has 166 valence electrons. The highest BCUT2D eigenvalue weighted by Crippen LogP contribution is 2.28. The molecule has 0 N–H and O–H groups in total. The molecule has 1 aromatic carbocycles. The molecular weight excluding hydrogens is 454 g/mol. The van der Waals surface area contributed by atoms with E-state index in [2.05, 4.69) is 27.3 Å². The van der Waals surface area contributed by atoms with Crippen molar-refractivity contribution in [1.82, 2.24) is 24.3 Å². The second-order valence-electron chi connectivity index (χ2n) is 7.50. The van der Waals surface area contributed by atoms with Crippen molar-refractivity contribution < 1.29 is 9.21 Å². The number of hydrogen-bond acceptors (Lipinski definition) is 7. The third-order valence-corrected chi connectivity index (χ3v) is 7.04. The summed E-state index contributed by atoms with van der Waals surface area (Å²) in [5.74, 6) is 1.59. The van der Waals surface area contributed by atoms with Crippen LogP contribution in [0.25, 0.3) is 16.7 Å². The second-order valence-corrected chi connectivity index (χ2v) is 9.32. The fourth-order valence-electron chi connectivity index (χ4n) is 3.77. The third kappa shape index (κ3) is 4.29. The number of aryl methyl sites for hydroxylation is 1. The molecule has 0 atom stereocenters. The summed E-state index contributed by atoms with van der Waals surface area (Å²) in [6, 6.07) is 15.7. The molecule has 0 unspecified atom stereocenters. The average molecular weight is 476 g/mol. The molecule has 7 nitrogen and oxygen atoms in total. The lowest BCUT2D eigenvalue weighted by Crippen LogP contribution is -2.08. The topological polar surface area (TPSA) is 78.7 Å². The molecule has 0 aliphatic carbocycles. The van der Waals surface area contributed by atoms with Gasteiger partial charge >= 0.3 is 0 Å². The highest BCUT2D eigenvalue weighted by molar-refractivity contribution is 7.99. The van der Waals surface area contributed by atoms with Crippen LogP contribution >= 0.6 is 23.1 Å². The predicted molar refractivity (Wildman–Crippen MR) is 129 cm³/mol. The Morgan fingerprint density at radius 1 is 1.12 bits per heavy atom. The molecule has 4 aromatic heterocycles. The van der Waals surface area contributed by atoms with Crippen molar-refractivity contribution in [3.8, 4) is 16.7 Å². The van der Waals surface area contributed by atoms with Crippen LogP contribution in [0, 0.1) is 13.8 Å². The van der Waals surface area contributed by atoms with E-state index in [0.29, 0.717) is 28.8 Å². The van der Waals surface area contributed by atoms with Gasteiger partial charge in [0.2, 0.25) is 5.82 Å². The molecule has 0 saturated carbocycles. The van der Waals surface area contributed by atoms with E-state index in [4.69, 9.17) is 4.42 Å². The van der Waals surface area contributed by atoms with E-state index in [-0.39, 0.29) is 11.5 Å². The predicted octanol–water partition coefficient (Wildman–Crippen LogP) is 5.43. The van der Waals surface area contributed by atoms with Crippen molar-refractivity contribution in [2.75, 3.05) is 5.75 Å². The Morgan fingerprint density at radius 2 is 1.97 bits per heavy atom. The molecule has 9 heteroatoms. The van der Waals surface area contributed by atoms with Gasteiger partial charge in [0.05, 0.1) is 18.6 Å². The zero-order valence-electron chi connectivity index (χ0n) is 18.1. The van der Waals surface area contributed by atoms with Gasteiger partial charge in [0, 0.05) is 28.5 Å². The van der Waals surface area contributed by atoms with Gasteiger partial charge in [0.1, 0.15) is 0 Å². The molecule has 5 rings (SSSR count). The smallest absolute Gasteiger partial charge is 0.200 e. The number of carbonyl (C=O) groups is 1. The monoisotopic (exact) mass is 475 g/mol. The summed E-state index contributed by atoms with van der Waals surface area (Å²) in [6.45, 7) is 4.53. The van der Waals surface area contributed by atoms with Crippen LogP contribution in [-0.4, -0.2) is 35.9 Å². The lowest BCUT2D eigenvalue weighted by Gasteiger charge is -2.09. The Morgan fingerprint density at radius 3 is 2.70 bits per heavy atom. The van der Waals surface area contributed by atoms with Gasteiger partial charge < -0.3 is 4.42 Å². The molecule has 0 spiro atoms. The summed E-state index contributed by atoms with van der Waals surface area (Å²) in [6.07, 6.45) is 3.39. The number of thioether (sulfide) groups is 1. The minimum absolute atomic E-state index is 0.0460. The molecule has 0 bridgehead atoms. The summed E-state index contributed by atoms with van der Waals surface area (Å²) in [5.41, 5.74) is 3.71. The van der Waals surface area contributed by atoms with Crippen molar-refractivity contribution in [3.05, 3.63) is 88.9 Å². The minimum Gasteiger partial charge on any atom is -0.461 e. The molecular formula is C24H21N5O2S2. The van der Waals surface area contributed by atoms with E-state index in [0.717, 1.165) is 22.1 Å². The van der Waals surface area contributed by atoms with Gasteiger partial charge in [-0.3, -0.25) is 13.9 Å². The maximum atomic E-state index is 13.2. The summed E-state index contributed by atoms with van der Waals surface area (Å²) in [7, 11) is 0. The maximum absolute atomic E-state index is 13.2. The fourth-order valence-corrected chi connectivity index (χ4v) is 5.34. The SMILES string of the molecule is Cc1cc(C(=O)CSc2nnc(-c3ccco3)n2Cc2ccccc2)c(C)n1-c1nccs1. The normalized spacial score (nSPS) is 11.2. The van der Waals surface area contributed by atoms with Crippen LogP contribution in [-0.2, 0) is 6.54 Å². The van der Waals surface area contributed by atoms with Gasteiger partial charge in [-0.05, 0) is 37.6 Å². The van der Waals surface area contributed by atoms with Crippen LogP contribution in [0.1, 0.15) is 27.3 Å². The number of ketones is 1. The van der Waals surface area contributed by atoms with E-state index >= 15 is 0 Å². The Balaban J connectivity index is 1.40. The molecule has 0 radical (unpaired) electrons. The molecule has 33 heavy (non-hydrogen) atoms. The Hall–Kier alpha value is -3.43. The summed E-state index contributed by atoms with van der Waals surface area (Å²) < 4.78 is 9.58. The number of Topliss-reactive ketones (excluding diaryl/α,β-unsaturated/α-hetero) is 1. The first-order valence-corrected chi connectivity index (χ1v) is 12.2. The van der Waals surface area contributed by atoms with Crippen LogP contribution in [0.5, 0.6) is 0 Å². The zero-order valence-corrected chi connectivity index (χ0v) is 19.8. The van der Waals surface area contributed by atoms with Gasteiger partial charge in [-0.25, -0.2) is 4.98 Å². The van der Waals surface area contributed by atoms with Gasteiger partial charge in [0.25, 0.3) is 0 Å². The van der Waals surface area contributed by atoms with Gasteiger partial charge in [-0.2, -0.15) is 0 Å². The van der Waals surface area contributed by atoms with Crippen LogP contribution in [0.15, 0.2) is 75.9 Å². The Labute approximate surface area is 199 Å². The maximum Gasteiger partial charge on any atom is 0.200 e. The number of aromatic nitrogens is 5. The van der Waals surface area contributed by atoms with Crippen molar-refractivity contribution in [1.29, 1.82) is 0 Å². The molecule has 0 amide bonds. The highest BCUT2D eigenvalue weighted by atomic mass is 32.2. The summed E-state index contributed by atoms with van der Waals surface area (Å²) in [4.78, 5) is 17.5. The first kappa shape index (κ1) is 21.4. The van der Waals surface area contributed by atoms with E-state index in [1.807, 2.05) is 64.8 Å². The quantitative estimate of drug-likeness (QED) is 0.220. The first-order chi connectivity index (χ1) is 16.1.